The number of aliphatic carboxylic acids is 1. The molecule has 2 rings (SSSR count). The molecule has 7 nitrogen and oxygen atoms in total. The van der Waals surface area contributed by atoms with Crippen LogP contribution in [0.4, 0.5) is 4.79 Å². The van der Waals surface area contributed by atoms with Gasteiger partial charge in [-0.25, -0.2) is 4.79 Å². The number of carbonyl (C=O) groups is 3. The van der Waals surface area contributed by atoms with E-state index >= 15 is 0 Å². The van der Waals surface area contributed by atoms with Gasteiger partial charge in [0, 0.05) is 44.5 Å². The number of carboxylic acid groups (broad SMARTS) is 1. The molecule has 0 spiro atoms. The fourth-order valence-electron chi connectivity index (χ4n) is 3.72. The number of hydrogen-bond donors (Lipinski definition) is 2. The van der Waals surface area contributed by atoms with Gasteiger partial charge in [-0.15, -0.1) is 0 Å². The molecule has 3 atom stereocenters. The van der Waals surface area contributed by atoms with Gasteiger partial charge in [0.2, 0.25) is 5.91 Å². The summed E-state index contributed by atoms with van der Waals surface area (Å²) in [6.45, 7) is 0.694. The van der Waals surface area contributed by atoms with Crippen LogP contribution in [-0.2, 0) is 9.59 Å². The molecule has 26 heavy (non-hydrogen) atoms. The molecule has 0 aromatic carbocycles. The Bertz CT molecular complexity index is 517. The number of carbonyl (C=O) groups excluding carboxylic acids is 2. The lowest BCUT2D eigenvalue weighted by molar-refractivity contribution is -0.137. The lowest BCUT2D eigenvalue weighted by Gasteiger charge is -2.23. The second-order valence-electron chi connectivity index (χ2n) is 7.29. The van der Waals surface area contributed by atoms with Crippen LogP contribution in [0.15, 0.2) is 0 Å². The first kappa shape index (κ1) is 20.9. The number of rotatable bonds is 11. The van der Waals surface area contributed by atoms with Crippen molar-refractivity contribution in [3.05, 3.63) is 0 Å². The van der Waals surface area contributed by atoms with Gasteiger partial charge < -0.3 is 20.2 Å². The number of unbranched alkanes of at least 4 members (excludes halogenated alkanes) is 3. The van der Waals surface area contributed by atoms with Gasteiger partial charge in [-0.2, -0.15) is 11.8 Å². The average molecular weight is 386 g/mol. The van der Waals surface area contributed by atoms with Crippen LogP contribution in [0.1, 0.15) is 51.4 Å². The first-order valence-electron chi connectivity index (χ1n) is 9.51. The molecule has 0 saturated carbocycles. The minimum absolute atomic E-state index is 0.0328. The normalized spacial score (nSPS) is 24.5. The van der Waals surface area contributed by atoms with Gasteiger partial charge in [-0.1, -0.05) is 12.8 Å². The number of amides is 3. The van der Waals surface area contributed by atoms with Crippen molar-refractivity contribution in [2.24, 2.45) is 0 Å². The Hall–Kier alpha value is -1.44. The molecule has 2 N–H and O–H groups in total. The smallest absolute Gasteiger partial charge is 0.317 e. The number of carboxylic acids is 1. The quantitative estimate of drug-likeness (QED) is 0.420. The van der Waals surface area contributed by atoms with E-state index in [1.54, 1.807) is 4.90 Å². The number of urea groups is 1. The second-order valence-corrected chi connectivity index (χ2v) is 8.57. The Morgan fingerprint density at radius 2 is 1.96 bits per heavy atom. The molecule has 0 bridgehead atoms. The van der Waals surface area contributed by atoms with E-state index in [4.69, 9.17) is 5.11 Å². The van der Waals surface area contributed by atoms with Crippen molar-refractivity contribution in [2.45, 2.75) is 68.7 Å². The summed E-state index contributed by atoms with van der Waals surface area (Å²) >= 11 is 1.93. The summed E-state index contributed by atoms with van der Waals surface area (Å²) in [5.41, 5.74) is 0. The number of fused-ring (bicyclic) bond motifs is 1. The van der Waals surface area contributed by atoms with Crippen LogP contribution in [-0.4, -0.2) is 76.5 Å². The molecule has 8 heteroatoms. The summed E-state index contributed by atoms with van der Waals surface area (Å²) in [4.78, 5) is 37.9. The van der Waals surface area contributed by atoms with E-state index in [1.165, 1.54) is 0 Å². The molecule has 2 heterocycles. The summed E-state index contributed by atoms with van der Waals surface area (Å²) < 4.78 is 0. The maximum Gasteiger partial charge on any atom is 0.317 e. The van der Waals surface area contributed by atoms with Crippen molar-refractivity contribution in [1.82, 2.24) is 15.1 Å². The Balaban J connectivity index is 1.55. The molecule has 2 aliphatic rings. The van der Waals surface area contributed by atoms with Crippen LogP contribution in [0, 0.1) is 0 Å². The van der Waals surface area contributed by atoms with Crippen molar-refractivity contribution in [1.29, 1.82) is 0 Å². The first-order chi connectivity index (χ1) is 12.4. The summed E-state index contributed by atoms with van der Waals surface area (Å²) in [7, 11) is 3.69. The van der Waals surface area contributed by atoms with Gasteiger partial charge in [-0.05, 0) is 25.7 Å². The Kier molecular flexibility index (Phi) is 8.06. The molecule has 0 aromatic rings. The van der Waals surface area contributed by atoms with E-state index in [1.807, 2.05) is 30.8 Å². The third-order valence-electron chi connectivity index (χ3n) is 5.30. The molecule has 2 fully saturated rings. The van der Waals surface area contributed by atoms with Gasteiger partial charge in [0.1, 0.15) is 0 Å². The van der Waals surface area contributed by atoms with Crippen molar-refractivity contribution < 1.29 is 19.5 Å². The molecular weight excluding hydrogens is 354 g/mol. The molecule has 2 aliphatic heterocycles. The van der Waals surface area contributed by atoms with Crippen LogP contribution in [0.2, 0.25) is 0 Å². The maximum atomic E-state index is 12.2. The van der Waals surface area contributed by atoms with Crippen molar-refractivity contribution in [2.75, 3.05) is 26.4 Å². The third-order valence-corrected chi connectivity index (χ3v) is 6.79. The molecule has 0 aromatic heterocycles. The largest absolute Gasteiger partial charge is 0.481 e. The minimum atomic E-state index is -0.759. The van der Waals surface area contributed by atoms with Gasteiger partial charge in [0.25, 0.3) is 0 Å². The highest BCUT2D eigenvalue weighted by molar-refractivity contribution is 8.00. The third kappa shape index (κ3) is 5.79. The zero-order valence-corrected chi connectivity index (χ0v) is 16.6. The Morgan fingerprint density at radius 3 is 2.69 bits per heavy atom. The highest BCUT2D eigenvalue weighted by Gasteiger charge is 2.46. The number of nitrogens with zero attached hydrogens (tertiary/aromatic N) is 2. The first-order valence-corrected chi connectivity index (χ1v) is 10.6. The van der Waals surface area contributed by atoms with E-state index in [0.29, 0.717) is 24.6 Å². The number of likely N-dealkylation sites (N-methyl/N-ethyl adjacent to an activating group) is 1. The van der Waals surface area contributed by atoms with Crippen LogP contribution < -0.4 is 5.32 Å². The van der Waals surface area contributed by atoms with E-state index in [-0.39, 0.29) is 30.4 Å². The predicted molar refractivity (Wildman–Crippen MR) is 102 cm³/mol. The predicted octanol–water partition coefficient (Wildman–Crippen LogP) is 2.16. The van der Waals surface area contributed by atoms with E-state index in [0.717, 1.165) is 37.9 Å². The highest BCUT2D eigenvalue weighted by atomic mass is 32.2. The zero-order chi connectivity index (χ0) is 19.1. The molecule has 0 unspecified atom stereocenters. The van der Waals surface area contributed by atoms with Crippen LogP contribution in [0.3, 0.4) is 0 Å². The summed E-state index contributed by atoms with van der Waals surface area (Å²) in [5.74, 6) is 0.384. The molecule has 3 amide bonds. The fraction of sp³-hybridized carbons (Fsp3) is 0.833. The van der Waals surface area contributed by atoms with Crippen LogP contribution in [0.5, 0.6) is 0 Å². The van der Waals surface area contributed by atoms with Crippen molar-refractivity contribution >= 4 is 29.7 Å². The average Bonchev–Trinajstić information content (AvgIpc) is 3.11. The second kappa shape index (κ2) is 10.0. The molecule has 148 valence electrons. The van der Waals surface area contributed by atoms with E-state index in [2.05, 4.69) is 5.32 Å². The maximum absolute atomic E-state index is 12.2. The molecular formula is C18H31N3O4S. The van der Waals surface area contributed by atoms with E-state index < -0.39 is 5.97 Å². The Labute approximate surface area is 159 Å². The van der Waals surface area contributed by atoms with Crippen molar-refractivity contribution in [3.8, 4) is 0 Å². The number of nitrogens with one attached hydrogen (secondary N) is 1. The lowest BCUT2D eigenvalue weighted by Crippen LogP contribution is -2.38. The monoisotopic (exact) mass is 385 g/mol. The van der Waals surface area contributed by atoms with Crippen LogP contribution >= 0.6 is 11.8 Å². The van der Waals surface area contributed by atoms with Gasteiger partial charge >= 0.3 is 12.0 Å². The van der Waals surface area contributed by atoms with Gasteiger partial charge in [0.15, 0.2) is 0 Å². The Morgan fingerprint density at radius 1 is 1.23 bits per heavy atom. The summed E-state index contributed by atoms with van der Waals surface area (Å²) in [6.07, 6.45) is 6.04. The zero-order valence-electron chi connectivity index (χ0n) is 15.8. The molecule has 0 aliphatic carbocycles. The summed E-state index contributed by atoms with van der Waals surface area (Å²) in [6, 6.07) is 0.596. The minimum Gasteiger partial charge on any atom is -0.481 e. The van der Waals surface area contributed by atoms with E-state index in [9.17, 15) is 14.4 Å². The standard InChI is InChI=1S/C18H31N3O4S/c1-20(11-7-3-4-10-16(23)24)15(22)9-6-5-8-14-17-13(12-26-14)19-18(25)21(17)2/h13-14,17H,3-12H2,1-2H3,(H,19,25)(H,23,24)/t13-,14-,17-/m0/s1. The number of hydrogen-bond acceptors (Lipinski definition) is 4. The fourth-order valence-corrected chi connectivity index (χ4v) is 5.36. The topological polar surface area (TPSA) is 90.0 Å². The lowest BCUT2D eigenvalue weighted by atomic mass is 10.0. The van der Waals surface area contributed by atoms with Crippen molar-refractivity contribution in [3.63, 3.8) is 0 Å². The van der Waals surface area contributed by atoms with Crippen LogP contribution in [0.25, 0.3) is 0 Å². The number of thioether (sulfide) groups is 1. The summed E-state index contributed by atoms with van der Waals surface area (Å²) in [5, 5.41) is 12.1. The SMILES string of the molecule is CN(CCCCCC(=O)O)C(=O)CCCC[C@@H]1SC[C@@H]2NC(=O)N(C)[C@@H]21. The molecule has 2 saturated heterocycles. The molecule has 0 radical (unpaired) electrons. The van der Waals surface area contributed by atoms with Gasteiger partial charge in [0.05, 0.1) is 12.1 Å². The highest BCUT2D eigenvalue weighted by Crippen LogP contribution is 2.36. The van der Waals surface area contributed by atoms with Gasteiger partial charge in [-0.3, -0.25) is 9.59 Å².